The van der Waals surface area contributed by atoms with E-state index in [1.54, 1.807) is 6.07 Å². The minimum absolute atomic E-state index is 0.199. The number of halogens is 4. The summed E-state index contributed by atoms with van der Waals surface area (Å²) in [7, 11) is 3.66. The van der Waals surface area contributed by atoms with Crippen LogP contribution in [0.15, 0.2) is 48.5 Å². The van der Waals surface area contributed by atoms with Gasteiger partial charge in [0.1, 0.15) is 11.9 Å². The standard InChI is InChI=1S/C26H32F4N2O5/c1-32(2)11-10-31-24(35)25(37-16-18-7-3-4-9-20(18)27)13-21(33)23(34)22(14-25)36-15-17-6-5-8-19(12-17)26(28,29)30/h3-9,12,21-23,33-34H,10-11,13-16H2,1-2H3,(H,31,35)/t21-,22?,23-,25+/m1/s1. The lowest BCUT2D eigenvalue weighted by molar-refractivity contribution is -0.200. The largest absolute Gasteiger partial charge is 0.416 e. The van der Waals surface area contributed by atoms with E-state index in [-0.39, 0.29) is 43.7 Å². The second kappa shape index (κ2) is 12.3. The fraction of sp³-hybridized carbons (Fsp3) is 0.500. The van der Waals surface area contributed by atoms with Crippen molar-refractivity contribution in [2.45, 2.75) is 56.1 Å². The molecule has 1 aliphatic rings. The van der Waals surface area contributed by atoms with Crippen LogP contribution in [0.3, 0.4) is 0 Å². The third-order valence-electron chi connectivity index (χ3n) is 6.28. The van der Waals surface area contributed by atoms with Crippen LogP contribution in [0, 0.1) is 5.82 Å². The Bertz CT molecular complexity index is 1050. The second-order valence-electron chi connectivity index (χ2n) is 9.45. The van der Waals surface area contributed by atoms with Crippen LogP contribution in [0.4, 0.5) is 17.6 Å². The number of nitrogens with zero attached hydrogens (tertiary/aromatic N) is 1. The predicted molar refractivity (Wildman–Crippen MR) is 127 cm³/mol. The van der Waals surface area contributed by atoms with Crippen LogP contribution in [-0.4, -0.2) is 72.1 Å². The average Bonchev–Trinajstić information content (AvgIpc) is 2.84. The summed E-state index contributed by atoms with van der Waals surface area (Å²) in [5.74, 6) is -1.09. The minimum Gasteiger partial charge on any atom is -0.390 e. The van der Waals surface area contributed by atoms with Crippen LogP contribution in [0.2, 0.25) is 0 Å². The predicted octanol–water partition coefficient (Wildman–Crippen LogP) is 2.88. The highest BCUT2D eigenvalue weighted by atomic mass is 19.4. The van der Waals surface area contributed by atoms with Gasteiger partial charge in [0.2, 0.25) is 0 Å². The molecular weight excluding hydrogens is 496 g/mol. The molecule has 3 N–H and O–H groups in total. The van der Waals surface area contributed by atoms with Gasteiger partial charge in [-0.2, -0.15) is 13.2 Å². The zero-order chi connectivity index (χ0) is 27.2. The van der Waals surface area contributed by atoms with Gasteiger partial charge in [0.25, 0.3) is 5.91 Å². The van der Waals surface area contributed by atoms with Gasteiger partial charge in [-0.3, -0.25) is 4.79 Å². The fourth-order valence-electron chi connectivity index (χ4n) is 4.19. The molecular formula is C26H32F4N2O5. The SMILES string of the molecule is CN(C)CCNC(=O)[C@@]1(OCc2ccccc2F)CC(OCc2cccc(C(F)(F)F)c2)[C@H](O)[C@H](O)C1. The van der Waals surface area contributed by atoms with E-state index in [0.717, 1.165) is 12.1 Å². The van der Waals surface area contributed by atoms with Gasteiger partial charge in [-0.15, -0.1) is 0 Å². The van der Waals surface area contributed by atoms with Crippen molar-refractivity contribution in [1.29, 1.82) is 0 Å². The first-order valence-electron chi connectivity index (χ1n) is 11.9. The number of carbonyl (C=O) groups is 1. The second-order valence-corrected chi connectivity index (χ2v) is 9.45. The quantitative estimate of drug-likeness (QED) is 0.411. The first kappa shape index (κ1) is 29.0. The third kappa shape index (κ3) is 7.71. The molecule has 37 heavy (non-hydrogen) atoms. The molecule has 0 radical (unpaired) electrons. The molecule has 11 heteroatoms. The Morgan fingerprint density at radius 1 is 1.11 bits per heavy atom. The maximum Gasteiger partial charge on any atom is 0.416 e. The van der Waals surface area contributed by atoms with Gasteiger partial charge in [0.15, 0.2) is 5.60 Å². The molecule has 204 valence electrons. The highest BCUT2D eigenvalue weighted by Crippen LogP contribution is 2.36. The lowest BCUT2D eigenvalue weighted by atomic mass is 9.78. The van der Waals surface area contributed by atoms with Crippen molar-refractivity contribution in [2.75, 3.05) is 27.2 Å². The molecule has 1 aliphatic carbocycles. The van der Waals surface area contributed by atoms with E-state index < -0.39 is 47.4 Å². The van der Waals surface area contributed by atoms with Crippen LogP contribution in [0.5, 0.6) is 0 Å². The molecule has 0 spiro atoms. The number of benzene rings is 2. The summed E-state index contributed by atoms with van der Waals surface area (Å²) in [5.41, 5.74) is -2.12. The molecule has 0 bridgehead atoms. The van der Waals surface area contributed by atoms with Crippen LogP contribution < -0.4 is 5.32 Å². The highest BCUT2D eigenvalue weighted by Gasteiger charge is 2.51. The van der Waals surface area contributed by atoms with Gasteiger partial charge >= 0.3 is 6.18 Å². The first-order valence-corrected chi connectivity index (χ1v) is 11.9. The number of aliphatic hydroxyl groups is 2. The molecule has 3 rings (SSSR count). The van der Waals surface area contributed by atoms with Gasteiger partial charge < -0.3 is 29.9 Å². The Kier molecular flexibility index (Phi) is 9.65. The molecule has 2 aromatic carbocycles. The van der Waals surface area contributed by atoms with E-state index in [2.05, 4.69) is 5.32 Å². The molecule has 0 aliphatic heterocycles. The van der Waals surface area contributed by atoms with Gasteiger partial charge in [-0.25, -0.2) is 4.39 Å². The van der Waals surface area contributed by atoms with Gasteiger partial charge in [-0.1, -0.05) is 30.3 Å². The molecule has 1 saturated carbocycles. The van der Waals surface area contributed by atoms with Crippen LogP contribution >= 0.6 is 0 Å². The number of amides is 1. The number of ether oxygens (including phenoxy) is 2. The fourth-order valence-corrected chi connectivity index (χ4v) is 4.19. The third-order valence-corrected chi connectivity index (χ3v) is 6.28. The van der Waals surface area contributed by atoms with Crippen molar-refractivity contribution in [1.82, 2.24) is 10.2 Å². The van der Waals surface area contributed by atoms with Crippen LogP contribution in [-0.2, 0) is 33.7 Å². The maximum absolute atomic E-state index is 14.2. The number of carbonyl (C=O) groups excluding carboxylic acids is 1. The Morgan fingerprint density at radius 2 is 1.84 bits per heavy atom. The van der Waals surface area contributed by atoms with Crippen LogP contribution in [0.1, 0.15) is 29.5 Å². The number of hydrogen-bond acceptors (Lipinski definition) is 6. The lowest BCUT2D eigenvalue weighted by Gasteiger charge is -2.44. The Hall–Kier alpha value is -2.57. The maximum atomic E-state index is 14.2. The molecule has 4 atom stereocenters. The summed E-state index contributed by atoms with van der Waals surface area (Å²) >= 11 is 0. The van der Waals surface area contributed by atoms with Crippen molar-refractivity contribution < 1.29 is 42.0 Å². The molecule has 7 nitrogen and oxygen atoms in total. The molecule has 1 amide bonds. The van der Waals surface area contributed by atoms with E-state index in [1.807, 2.05) is 19.0 Å². The van der Waals surface area contributed by atoms with E-state index in [9.17, 15) is 32.6 Å². The average molecular weight is 529 g/mol. The van der Waals surface area contributed by atoms with E-state index >= 15 is 0 Å². The van der Waals surface area contributed by atoms with E-state index in [1.165, 1.54) is 30.3 Å². The number of nitrogens with one attached hydrogen (secondary N) is 1. The summed E-state index contributed by atoms with van der Waals surface area (Å²) in [6, 6.07) is 10.4. The summed E-state index contributed by atoms with van der Waals surface area (Å²) in [6.07, 6.45) is -8.99. The van der Waals surface area contributed by atoms with Crippen molar-refractivity contribution in [3.05, 3.63) is 71.0 Å². The van der Waals surface area contributed by atoms with E-state index in [0.29, 0.717) is 6.54 Å². The van der Waals surface area contributed by atoms with Gasteiger partial charge in [0, 0.05) is 31.5 Å². The molecule has 1 unspecified atom stereocenters. The number of aliphatic hydroxyl groups excluding tert-OH is 2. The summed E-state index contributed by atoms with van der Waals surface area (Å²) in [5, 5.41) is 24.0. The zero-order valence-corrected chi connectivity index (χ0v) is 20.7. The number of likely N-dealkylation sites (N-methyl/N-ethyl adjacent to an activating group) is 1. The first-order chi connectivity index (χ1) is 17.4. The van der Waals surface area contributed by atoms with Crippen molar-refractivity contribution in [3.63, 3.8) is 0 Å². The van der Waals surface area contributed by atoms with Crippen LogP contribution in [0.25, 0.3) is 0 Å². The van der Waals surface area contributed by atoms with Gasteiger partial charge in [-0.05, 0) is 37.9 Å². The summed E-state index contributed by atoms with van der Waals surface area (Å²) in [6.45, 7) is 0.210. The molecule has 0 aromatic heterocycles. The highest BCUT2D eigenvalue weighted by molar-refractivity contribution is 5.85. The van der Waals surface area contributed by atoms with Crippen molar-refractivity contribution >= 4 is 5.91 Å². The molecule has 2 aromatic rings. The van der Waals surface area contributed by atoms with E-state index in [4.69, 9.17) is 9.47 Å². The van der Waals surface area contributed by atoms with Crippen molar-refractivity contribution in [2.24, 2.45) is 0 Å². The monoisotopic (exact) mass is 528 g/mol. The Labute approximate surface area is 213 Å². The Morgan fingerprint density at radius 3 is 2.51 bits per heavy atom. The zero-order valence-electron chi connectivity index (χ0n) is 20.7. The summed E-state index contributed by atoms with van der Waals surface area (Å²) < 4.78 is 65.1. The molecule has 1 fully saturated rings. The lowest BCUT2D eigenvalue weighted by Crippen LogP contribution is -2.61. The van der Waals surface area contributed by atoms with Crippen molar-refractivity contribution in [3.8, 4) is 0 Å². The normalized spacial score (nSPS) is 24.3. The summed E-state index contributed by atoms with van der Waals surface area (Å²) in [4.78, 5) is 15.2. The molecule has 0 saturated heterocycles. The smallest absolute Gasteiger partial charge is 0.390 e. The molecule has 0 heterocycles. The van der Waals surface area contributed by atoms with Gasteiger partial charge in [0.05, 0.1) is 31.0 Å². The Balaban J connectivity index is 1.80. The number of alkyl halides is 3. The minimum atomic E-state index is -4.53. The number of rotatable bonds is 10. The topological polar surface area (TPSA) is 91.3 Å². The number of hydrogen-bond donors (Lipinski definition) is 3.